The van der Waals surface area contributed by atoms with Gasteiger partial charge in [-0.3, -0.25) is 4.90 Å². The SMILES string of the molecule is C[C@@H](O)CN1C[C@H](F)C[C@H](F)C1. The highest BCUT2D eigenvalue weighted by Crippen LogP contribution is 2.16. The summed E-state index contributed by atoms with van der Waals surface area (Å²) < 4.78 is 25.5. The van der Waals surface area contributed by atoms with Gasteiger partial charge in [0.2, 0.25) is 0 Å². The summed E-state index contributed by atoms with van der Waals surface area (Å²) in [5.74, 6) is 0. The van der Waals surface area contributed by atoms with Crippen LogP contribution in [-0.2, 0) is 0 Å². The van der Waals surface area contributed by atoms with E-state index in [2.05, 4.69) is 0 Å². The molecule has 1 rings (SSSR count). The monoisotopic (exact) mass is 179 g/mol. The van der Waals surface area contributed by atoms with Crippen LogP contribution in [0.2, 0.25) is 0 Å². The standard InChI is InChI=1S/C8H15F2NO/c1-6(12)3-11-4-7(9)2-8(10)5-11/h6-8,12H,2-5H2,1H3/t6-,7-,8+/m1/s1. The number of halogens is 2. The van der Waals surface area contributed by atoms with Gasteiger partial charge in [-0.1, -0.05) is 0 Å². The number of hydrogen-bond donors (Lipinski definition) is 1. The fourth-order valence-electron chi connectivity index (χ4n) is 1.58. The normalized spacial score (nSPS) is 35.0. The minimum Gasteiger partial charge on any atom is -0.392 e. The summed E-state index contributed by atoms with van der Waals surface area (Å²) >= 11 is 0. The highest BCUT2D eigenvalue weighted by atomic mass is 19.1. The van der Waals surface area contributed by atoms with Crippen molar-refractivity contribution >= 4 is 0 Å². The van der Waals surface area contributed by atoms with Crippen LogP contribution in [0.5, 0.6) is 0 Å². The zero-order valence-electron chi connectivity index (χ0n) is 7.21. The molecule has 0 saturated carbocycles. The second kappa shape index (κ2) is 4.14. The molecule has 0 amide bonds. The Kier molecular flexibility index (Phi) is 3.40. The van der Waals surface area contributed by atoms with E-state index in [1.165, 1.54) is 0 Å². The van der Waals surface area contributed by atoms with Crippen LogP contribution >= 0.6 is 0 Å². The lowest BCUT2D eigenvalue weighted by Gasteiger charge is -2.31. The Balaban J connectivity index is 2.34. The first-order valence-electron chi connectivity index (χ1n) is 4.26. The Hall–Kier alpha value is -0.220. The van der Waals surface area contributed by atoms with E-state index < -0.39 is 18.4 Å². The Morgan fingerprint density at radius 3 is 2.33 bits per heavy atom. The molecule has 3 atom stereocenters. The molecule has 1 aliphatic heterocycles. The maximum absolute atomic E-state index is 12.8. The number of β-amino-alcohol motifs (C(OH)–C–C–N with tert-alkyl or cyclic N) is 1. The summed E-state index contributed by atoms with van der Waals surface area (Å²) in [6.07, 6.45) is -2.65. The molecule has 0 unspecified atom stereocenters. The number of aliphatic hydroxyl groups is 1. The third-order valence-electron chi connectivity index (χ3n) is 1.95. The number of aliphatic hydroxyl groups excluding tert-OH is 1. The van der Waals surface area contributed by atoms with E-state index in [4.69, 9.17) is 5.11 Å². The first kappa shape index (κ1) is 9.86. The third-order valence-corrected chi connectivity index (χ3v) is 1.95. The van der Waals surface area contributed by atoms with Gasteiger partial charge in [0, 0.05) is 26.1 Å². The van der Waals surface area contributed by atoms with Crippen molar-refractivity contribution in [1.29, 1.82) is 0 Å². The molecule has 12 heavy (non-hydrogen) atoms. The second-order valence-electron chi connectivity index (χ2n) is 3.50. The Bertz CT molecular complexity index is 130. The van der Waals surface area contributed by atoms with Crippen LogP contribution in [0.15, 0.2) is 0 Å². The van der Waals surface area contributed by atoms with Crippen LogP contribution in [0.3, 0.4) is 0 Å². The number of likely N-dealkylation sites (tertiary alicyclic amines) is 1. The van der Waals surface area contributed by atoms with Gasteiger partial charge in [0.25, 0.3) is 0 Å². The molecule has 72 valence electrons. The molecule has 0 spiro atoms. The van der Waals surface area contributed by atoms with Crippen LogP contribution in [0, 0.1) is 0 Å². The fourth-order valence-corrected chi connectivity index (χ4v) is 1.58. The van der Waals surface area contributed by atoms with Crippen LogP contribution in [0.1, 0.15) is 13.3 Å². The molecule has 1 saturated heterocycles. The molecule has 1 N–H and O–H groups in total. The molecule has 1 aliphatic rings. The summed E-state index contributed by atoms with van der Waals surface area (Å²) in [5.41, 5.74) is 0. The van der Waals surface area contributed by atoms with Gasteiger partial charge < -0.3 is 5.11 Å². The number of alkyl halides is 2. The molecule has 0 bridgehead atoms. The number of nitrogens with zero attached hydrogens (tertiary/aromatic N) is 1. The van der Waals surface area contributed by atoms with Gasteiger partial charge in [-0.2, -0.15) is 0 Å². The maximum atomic E-state index is 12.8. The molecule has 0 aromatic rings. The minimum atomic E-state index is -1.08. The Morgan fingerprint density at radius 1 is 1.42 bits per heavy atom. The molecule has 0 aliphatic carbocycles. The first-order chi connectivity index (χ1) is 5.58. The molecule has 4 heteroatoms. The molecule has 0 radical (unpaired) electrons. The summed E-state index contributed by atoms with van der Waals surface area (Å²) in [7, 11) is 0. The third kappa shape index (κ3) is 3.03. The van der Waals surface area contributed by atoms with E-state index >= 15 is 0 Å². The molecular formula is C8H15F2NO. The molecule has 2 nitrogen and oxygen atoms in total. The van der Waals surface area contributed by atoms with Gasteiger partial charge in [-0.25, -0.2) is 8.78 Å². The zero-order chi connectivity index (χ0) is 9.14. The number of rotatable bonds is 2. The van der Waals surface area contributed by atoms with Crippen LogP contribution in [0.4, 0.5) is 8.78 Å². The highest BCUT2D eigenvalue weighted by molar-refractivity contribution is 4.79. The first-order valence-corrected chi connectivity index (χ1v) is 4.26. The van der Waals surface area contributed by atoms with E-state index in [9.17, 15) is 8.78 Å². The molecular weight excluding hydrogens is 164 g/mol. The van der Waals surface area contributed by atoms with Gasteiger partial charge >= 0.3 is 0 Å². The average molecular weight is 179 g/mol. The second-order valence-corrected chi connectivity index (χ2v) is 3.50. The van der Waals surface area contributed by atoms with Crippen LogP contribution < -0.4 is 0 Å². The van der Waals surface area contributed by atoms with E-state index in [-0.39, 0.29) is 19.5 Å². The quantitative estimate of drug-likeness (QED) is 0.676. The smallest absolute Gasteiger partial charge is 0.116 e. The van der Waals surface area contributed by atoms with E-state index in [1.54, 1.807) is 11.8 Å². The summed E-state index contributed by atoms with van der Waals surface area (Å²) in [5, 5.41) is 8.99. The van der Waals surface area contributed by atoms with Gasteiger partial charge in [-0.15, -0.1) is 0 Å². The zero-order valence-corrected chi connectivity index (χ0v) is 7.21. The Labute approximate surface area is 71.2 Å². The molecule has 0 aromatic carbocycles. The number of piperidine rings is 1. The topological polar surface area (TPSA) is 23.5 Å². The highest BCUT2D eigenvalue weighted by Gasteiger charge is 2.27. The van der Waals surface area contributed by atoms with Crippen molar-refractivity contribution in [1.82, 2.24) is 4.90 Å². The van der Waals surface area contributed by atoms with Gasteiger partial charge in [0.15, 0.2) is 0 Å². The lowest BCUT2D eigenvalue weighted by molar-refractivity contribution is 0.0432. The summed E-state index contributed by atoms with van der Waals surface area (Å²) in [6, 6.07) is 0. The Morgan fingerprint density at radius 2 is 1.92 bits per heavy atom. The van der Waals surface area contributed by atoms with Crippen molar-refractivity contribution in [3.63, 3.8) is 0 Å². The predicted molar refractivity (Wildman–Crippen MR) is 42.5 cm³/mol. The molecule has 0 aromatic heterocycles. The van der Waals surface area contributed by atoms with Crippen LogP contribution in [-0.4, -0.2) is 48.1 Å². The largest absolute Gasteiger partial charge is 0.392 e. The lowest BCUT2D eigenvalue weighted by atomic mass is 10.1. The number of hydrogen-bond acceptors (Lipinski definition) is 2. The van der Waals surface area contributed by atoms with Gasteiger partial charge in [0.1, 0.15) is 12.3 Å². The van der Waals surface area contributed by atoms with Crippen molar-refractivity contribution in [3.8, 4) is 0 Å². The minimum absolute atomic E-state index is 0.0102. The molecule has 1 heterocycles. The maximum Gasteiger partial charge on any atom is 0.116 e. The lowest BCUT2D eigenvalue weighted by Crippen LogP contribution is -2.45. The predicted octanol–water partition coefficient (Wildman–Crippen LogP) is 0.749. The van der Waals surface area contributed by atoms with Crippen molar-refractivity contribution < 1.29 is 13.9 Å². The van der Waals surface area contributed by atoms with E-state index in [1.807, 2.05) is 0 Å². The fraction of sp³-hybridized carbons (Fsp3) is 1.00. The summed E-state index contributed by atoms with van der Waals surface area (Å²) in [6.45, 7) is 2.49. The van der Waals surface area contributed by atoms with Crippen LogP contribution in [0.25, 0.3) is 0 Å². The van der Waals surface area contributed by atoms with Crippen molar-refractivity contribution in [2.75, 3.05) is 19.6 Å². The molecule has 1 fully saturated rings. The van der Waals surface area contributed by atoms with Gasteiger partial charge in [-0.05, 0) is 6.92 Å². The van der Waals surface area contributed by atoms with E-state index in [0.717, 1.165) is 0 Å². The van der Waals surface area contributed by atoms with Crippen molar-refractivity contribution in [2.24, 2.45) is 0 Å². The van der Waals surface area contributed by atoms with Crippen molar-refractivity contribution in [3.05, 3.63) is 0 Å². The van der Waals surface area contributed by atoms with Gasteiger partial charge in [0.05, 0.1) is 6.10 Å². The van der Waals surface area contributed by atoms with E-state index in [0.29, 0.717) is 6.54 Å². The summed E-state index contributed by atoms with van der Waals surface area (Å²) in [4.78, 5) is 1.63. The van der Waals surface area contributed by atoms with Crippen molar-refractivity contribution in [2.45, 2.75) is 31.8 Å². The average Bonchev–Trinajstić information content (AvgIpc) is 1.81.